The zero-order valence-corrected chi connectivity index (χ0v) is 21.5. The molecule has 2 fully saturated rings. The highest BCUT2D eigenvalue weighted by molar-refractivity contribution is 7.90. The highest BCUT2D eigenvalue weighted by Crippen LogP contribution is 2.37. The van der Waals surface area contributed by atoms with E-state index in [4.69, 9.17) is 16.3 Å². The van der Waals surface area contributed by atoms with Gasteiger partial charge in [-0.1, -0.05) is 29.5 Å². The minimum atomic E-state index is -3.58. The second kappa shape index (κ2) is 9.39. The van der Waals surface area contributed by atoms with Crippen LogP contribution in [0, 0.1) is 42.2 Å². The van der Waals surface area contributed by atoms with Gasteiger partial charge in [-0.05, 0) is 43.2 Å². The average Bonchev–Trinajstić information content (AvgIpc) is 3.03. The fraction of sp³-hybridized carbons (Fsp3) is 0.385. The number of hydrogen-bond donors (Lipinski definition) is 1. The number of fused-ring (bicyclic) bond motifs is 1. The van der Waals surface area contributed by atoms with Crippen LogP contribution >= 0.6 is 11.6 Å². The summed E-state index contributed by atoms with van der Waals surface area (Å²) in [6.07, 6.45) is 1.33. The molecule has 0 unspecified atom stereocenters. The first kappa shape index (κ1) is 25.6. The Labute approximate surface area is 218 Å². The number of nitrogens with zero attached hydrogens (tertiary/aromatic N) is 1. The van der Waals surface area contributed by atoms with Gasteiger partial charge < -0.3 is 15.0 Å². The van der Waals surface area contributed by atoms with Crippen LogP contribution < -0.4 is 5.32 Å². The third-order valence-electron chi connectivity index (χ3n) is 7.09. The SMILES string of the molecule is Cc1ccc(C(=O)N2[C@@H](C(=O)N[C@@H](c3cc(F)c(Cl)cc3F)C3COC3)C[C@H]3C#C[C@H]32)cc1S(C)(=O)=O. The van der Waals surface area contributed by atoms with Crippen molar-refractivity contribution in [2.75, 3.05) is 19.5 Å². The molecule has 0 bridgehead atoms. The van der Waals surface area contributed by atoms with E-state index in [9.17, 15) is 26.8 Å². The first-order valence-corrected chi connectivity index (χ1v) is 13.9. The van der Waals surface area contributed by atoms with Crippen molar-refractivity contribution in [1.82, 2.24) is 10.2 Å². The van der Waals surface area contributed by atoms with Crippen molar-refractivity contribution in [2.24, 2.45) is 11.8 Å². The molecular formula is C26H23ClF2N2O5S. The van der Waals surface area contributed by atoms with E-state index in [1.807, 2.05) is 0 Å². The molecule has 37 heavy (non-hydrogen) atoms. The van der Waals surface area contributed by atoms with Crippen LogP contribution in [0.25, 0.3) is 0 Å². The number of carbonyl (C=O) groups excluding carboxylic acids is 2. The van der Waals surface area contributed by atoms with Crippen molar-refractivity contribution in [3.05, 3.63) is 63.7 Å². The van der Waals surface area contributed by atoms with Gasteiger partial charge in [0.15, 0.2) is 9.84 Å². The van der Waals surface area contributed by atoms with Crippen molar-refractivity contribution >= 4 is 33.3 Å². The van der Waals surface area contributed by atoms with E-state index in [1.165, 1.54) is 17.0 Å². The van der Waals surface area contributed by atoms with E-state index in [0.29, 0.717) is 5.56 Å². The second-order valence-electron chi connectivity index (χ2n) is 9.63. The van der Waals surface area contributed by atoms with Gasteiger partial charge in [-0.25, -0.2) is 17.2 Å². The molecule has 2 saturated heterocycles. The number of carbonyl (C=O) groups is 2. The maximum absolute atomic E-state index is 14.8. The molecule has 2 aromatic rings. The van der Waals surface area contributed by atoms with Crippen LogP contribution in [0.2, 0.25) is 5.02 Å². The molecule has 0 aromatic heterocycles. The molecule has 0 radical (unpaired) electrons. The van der Waals surface area contributed by atoms with Crippen LogP contribution in [0.4, 0.5) is 8.78 Å². The maximum Gasteiger partial charge on any atom is 0.255 e. The third kappa shape index (κ3) is 4.60. The number of amides is 2. The molecule has 2 heterocycles. The number of halogens is 3. The fourth-order valence-electron chi connectivity index (χ4n) is 4.98. The van der Waals surface area contributed by atoms with Crippen molar-refractivity contribution < 1.29 is 31.5 Å². The molecule has 0 saturated carbocycles. The standard InChI is InChI=1S/C26H23ClF2N2O5S/c1-13-3-4-15(8-23(13)37(2,34)35)26(33)31-21-6-5-14(21)7-22(31)25(32)30-24(16-11-36-12-16)17-9-20(29)18(27)10-19(17)28/h3-4,8-10,14,16,21-22,24H,7,11-12H2,1-2H3,(H,30,32)/t14-,21-,22-,24-/m1/s1. The third-order valence-corrected chi connectivity index (χ3v) is 8.62. The summed E-state index contributed by atoms with van der Waals surface area (Å²) >= 11 is 5.70. The van der Waals surface area contributed by atoms with Crippen LogP contribution in [0.15, 0.2) is 35.2 Å². The Morgan fingerprint density at radius 2 is 1.89 bits per heavy atom. The van der Waals surface area contributed by atoms with Crippen molar-refractivity contribution in [1.29, 1.82) is 0 Å². The number of sulfone groups is 1. The first-order valence-electron chi connectivity index (χ1n) is 11.6. The lowest BCUT2D eigenvalue weighted by Gasteiger charge is -2.36. The van der Waals surface area contributed by atoms with Crippen LogP contribution in [-0.2, 0) is 19.4 Å². The number of likely N-dealkylation sites (tertiary alicyclic amines) is 1. The van der Waals surface area contributed by atoms with Crippen LogP contribution in [0.1, 0.15) is 33.9 Å². The van der Waals surface area contributed by atoms with Gasteiger partial charge >= 0.3 is 0 Å². The molecule has 11 heteroatoms. The Morgan fingerprint density at radius 1 is 1.16 bits per heavy atom. The van der Waals surface area contributed by atoms with Gasteiger partial charge in [-0.15, -0.1) is 0 Å². The lowest BCUT2D eigenvalue weighted by Crippen LogP contribution is -2.52. The Bertz CT molecular complexity index is 1480. The molecule has 4 atom stereocenters. The van der Waals surface area contributed by atoms with Crippen LogP contribution in [0.5, 0.6) is 0 Å². The second-order valence-corrected chi connectivity index (χ2v) is 12.0. The first-order chi connectivity index (χ1) is 17.5. The van der Waals surface area contributed by atoms with E-state index < -0.39 is 51.4 Å². The lowest BCUT2D eigenvalue weighted by atomic mass is 9.90. The van der Waals surface area contributed by atoms with Gasteiger partial charge in [0.25, 0.3) is 5.91 Å². The molecule has 2 aliphatic heterocycles. The van der Waals surface area contributed by atoms with Crippen molar-refractivity contribution in [3.8, 4) is 11.8 Å². The zero-order valence-electron chi connectivity index (χ0n) is 19.9. The van der Waals surface area contributed by atoms with Gasteiger partial charge in [-0.2, -0.15) is 0 Å². The van der Waals surface area contributed by atoms with Gasteiger partial charge in [0.1, 0.15) is 23.7 Å². The molecule has 0 spiro atoms. The van der Waals surface area contributed by atoms with E-state index >= 15 is 0 Å². The Morgan fingerprint density at radius 3 is 2.49 bits per heavy atom. The smallest absolute Gasteiger partial charge is 0.255 e. The van der Waals surface area contributed by atoms with Gasteiger partial charge in [0.2, 0.25) is 5.91 Å². The summed E-state index contributed by atoms with van der Waals surface area (Å²) in [5.41, 5.74) is 0.557. The molecule has 1 N–H and O–H groups in total. The van der Waals surface area contributed by atoms with Gasteiger partial charge in [0.05, 0.1) is 35.1 Å². The highest BCUT2D eigenvalue weighted by atomic mass is 35.5. The van der Waals surface area contributed by atoms with Gasteiger partial charge in [0, 0.05) is 23.3 Å². The topological polar surface area (TPSA) is 92.8 Å². The van der Waals surface area contributed by atoms with E-state index in [1.54, 1.807) is 13.0 Å². The minimum absolute atomic E-state index is 0.0279. The molecule has 5 rings (SSSR count). The predicted molar refractivity (Wildman–Crippen MR) is 130 cm³/mol. The Hall–Kier alpha value is -3.00. The summed E-state index contributed by atoms with van der Waals surface area (Å²) in [6.45, 7) is 2.12. The minimum Gasteiger partial charge on any atom is -0.381 e. The summed E-state index contributed by atoms with van der Waals surface area (Å²) in [4.78, 5) is 28.5. The largest absolute Gasteiger partial charge is 0.381 e. The number of hydrogen-bond acceptors (Lipinski definition) is 5. The summed E-state index contributed by atoms with van der Waals surface area (Å²) < 4.78 is 58.6. The number of nitrogens with one attached hydrogen (secondary N) is 1. The number of ether oxygens (including phenoxy) is 1. The summed E-state index contributed by atoms with van der Waals surface area (Å²) in [6, 6.07) is 3.84. The molecule has 2 amide bonds. The van der Waals surface area contributed by atoms with Crippen LogP contribution in [0.3, 0.4) is 0 Å². The molecule has 7 nitrogen and oxygen atoms in total. The monoisotopic (exact) mass is 548 g/mol. The highest BCUT2D eigenvalue weighted by Gasteiger charge is 2.49. The zero-order chi connectivity index (χ0) is 26.6. The van der Waals surface area contributed by atoms with E-state index in [-0.39, 0.29) is 52.5 Å². The molecule has 194 valence electrons. The quantitative estimate of drug-likeness (QED) is 0.442. The summed E-state index contributed by atoms with van der Waals surface area (Å²) in [7, 11) is -3.58. The molecule has 2 aromatic carbocycles. The number of rotatable bonds is 6. The Kier molecular flexibility index (Phi) is 6.51. The summed E-state index contributed by atoms with van der Waals surface area (Å²) in [5, 5.41) is 2.43. The van der Waals surface area contributed by atoms with E-state index in [0.717, 1.165) is 18.4 Å². The Balaban J connectivity index is 1.44. The lowest BCUT2D eigenvalue weighted by molar-refractivity contribution is -0.128. The van der Waals surface area contributed by atoms with Gasteiger partial charge in [-0.3, -0.25) is 9.59 Å². The van der Waals surface area contributed by atoms with Crippen LogP contribution in [-0.4, -0.2) is 56.7 Å². The number of aryl methyl sites for hydroxylation is 1. The average molecular weight is 549 g/mol. The van der Waals surface area contributed by atoms with E-state index in [2.05, 4.69) is 17.2 Å². The fourth-order valence-corrected chi connectivity index (χ4v) is 6.12. The summed E-state index contributed by atoms with van der Waals surface area (Å²) in [5.74, 6) is 2.71. The normalized spacial score (nSPS) is 23.3. The predicted octanol–water partition coefficient (Wildman–Crippen LogP) is 3.05. The number of benzene rings is 2. The maximum atomic E-state index is 14.8. The van der Waals surface area contributed by atoms with Crippen molar-refractivity contribution in [2.45, 2.75) is 36.4 Å². The van der Waals surface area contributed by atoms with Crippen molar-refractivity contribution in [3.63, 3.8) is 0 Å². The molecular weight excluding hydrogens is 526 g/mol. The molecule has 3 aliphatic rings. The molecule has 1 aliphatic carbocycles.